The molecule has 164 valence electrons. The summed E-state index contributed by atoms with van der Waals surface area (Å²) >= 11 is 0. The first kappa shape index (κ1) is 21.2. The summed E-state index contributed by atoms with van der Waals surface area (Å²) in [6, 6.07) is 12.2. The molecule has 32 heavy (non-hydrogen) atoms. The summed E-state index contributed by atoms with van der Waals surface area (Å²) < 4.78 is 35.6. The second kappa shape index (κ2) is 8.62. The van der Waals surface area contributed by atoms with Crippen molar-refractivity contribution in [2.24, 2.45) is 7.05 Å². The normalized spacial score (nSPS) is 11.0. The second-order valence-electron chi connectivity index (χ2n) is 7.23. The van der Waals surface area contributed by atoms with Gasteiger partial charge in [0.1, 0.15) is 17.3 Å². The number of nitrogens with zero attached hydrogens (tertiary/aromatic N) is 3. The number of benzene rings is 2. The summed E-state index contributed by atoms with van der Waals surface area (Å²) in [5.74, 6) is -1.47. The quantitative estimate of drug-likeness (QED) is 0.494. The van der Waals surface area contributed by atoms with Gasteiger partial charge in [-0.2, -0.15) is 0 Å². The third-order valence-corrected chi connectivity index (χ3v) is 5.13. The topological polar surface area (TPSA) is 82.1 Å². The van der Waals surface area contributed by atoms with Crippen LogP contribution in [0.25, 0.3) is 17.0 Å². The number of aryl methyl sites for hydroxylation is 1. The van der Waals surface area contributed by atoms with Crippen molar-refractivity contribution < 1.29 is 18.0 Å². The average Bonchev–Trinajstić information content (AvgIpc) is 3.32. The van der Waals surface area contributed by atoms with Crippen molar-refractivity contribution in [3.63, 3.8) is 0 Å². The average molecular weight is 438 g/mol. The van der Waals surface area contributed by atoms with Crippen LogP contribution in [0.2, 0.25) is 0 Å². The minimum atomic E-state index is -0.764. The Bertz CT molecular complexity index is 1340. The number of hydrogen-bond acceptors (Lipinski definition) is 4. The zero-order chi connectivity index (χ0) is 22.8. The Hall–Kier alpha value is -4.01. The molecule has 1 N–H and O–H groups in total. The molecule has 0 bridgehead atoms. The van der Waals surface area contributed by atoms with Crippen LogP contribution < -0.4 is 10.9 Å². The van der Waals surface area contributed by atoms with Gasteiger partial charge in [0.15, 0.2) is 11.7 Å². The van der Waals surface area contributed by atoms with E-state index in [2.05, 4.69) is 10.3 Å². The molecule has 4 rings (SSSR count). The zero-order valence-electron chi connectivity index (χ0n) is 17.4. The fourth-order valence-electron chi connectivity index (χ4n) is 3.37. The van der Waals surface area contributed by atoms with Gasteiger partial charge in [-0.1, -0.05) is 18.2 Å². The molecule has 9 heteroatoms. The number of nitrogens with one attached hydrogen (secondary N) is 1. The van der Waals surface area contributed by atoms with Crippen molar-refractivity contribution in [2.75, 3.05) is 5.32 Å². The van der Waals surface area contributed by atoms with Crippen LogP contribution in [0.15, 0.2) is 63.9 Å². The highest BCUT2D eigenvalue weighted by Gasteiger charge is 2.19. The van der Waals surface area contributed by atoms with E-state index < -0.39 is 11.6 Å². The molecule has 0 saturated carbocycles. The SMILES string of the molecule is Cc1c(NC(=O)CCc2ncc(-c3ccc(F)cc3F)o2)c(=O)n(-c2ccccc2)n1C. The van der Waals surface area contributed by atoms with Crippen LogP contribution in [0.3, 0.4) is 0 Å². The van der Waals surface area contributed by atoms with Crippen molar-refractivity contribution in [1.29, 1.82) is 0 Å². The Kier molecular flexibility index (Phi) is 5.72. The Morgan fingerprint density at radius 3 is 2.62 bits per heavy atom. The van der Waals surface area contributed by atoms with E-state index in [1.54, 1.807) is 30.8 Å². The monoisotopic (exact) mass is 438 g/mol. The summed E-state index contributed by atoms with van der Waals surface area (Å²) in [5, 5.41) is 2.67. The first-order chi connectivity index (χ1) is 15.3. The van der Waals surface area contributed by atoms with Crippen molar-refractivity contribution in [2.45, 2.75) is 19.8 Å². The second-order valence-corrected chi connectivity index (χ2v) is 7.23. The van der Waals surface area contributed by atoms with Crippen molar-refractivity contribution in [3.05, 3.63) is 88.3 Å². The zero-order valence-corrected chi connectivity index (χ0v) is 17.4. The van der Waals surface area contributed by atoms with E-state index in [1.165, 1.54) is 16.9 Å². The van der Waals surface area contributed by atoms with Gasteiger partial charge < -0.3 is 9.73 Å². The van der Waals surface area contributed by atoms with Crippen LogP contribution in [-0.2, 0) is 18.3 Å². The lowest BCUT2D eigenvalue weighted by molar-refractivity contribution is -0.116. The predicted molar refractivity (Wildman–Crippen MR) is 115 cm³/mol. The Morgan fingerprint density at radius 2 is 1.91 bits per heavy atom. The van der Waals surface area contributed by atoms with Gasteiger partial charge in [-0.3, -0.25) is 14.3 Å². The minimum Gasteiger partial charge on any atom is -0.441 e. The van der Waals surface area contributed by atoms with Crippen LogP contribution in [0.5, 0.6) is 0 Å². The Labute approximate surface area is 181 Å². The molecule has 0 spiro atoms. The highest BCUT2D eigenvalue weighted by molar-refractivity contribution is 5.91. The number of anilines is 1. The first-order valence-electron chi connectivity index (χ1n) is 9.89. The number of halogens is 2. The van der Waals surface area contributed by atoms with Gasteiger partial charge in [-0.05, 0) is 31.2 Å². The molecule has 0 aliphatic rings. The molecule has 0 saturated heterocycles. The molecule has 0 fully saturated rings. The Balaban J connectivity index is 1.45. The first-order valence-corrected chi connectivity index (χ1v) is 9.89. The summed E-state index contributed by atoms with van der Waals surface area (Å²) in [4.78, 5) is 29.4. The van der Waals surface area contributed by atoms with Gasteiger partial charge in [0.2, 0.25) is 5.91 Å². The smallest absolute Gasteiger partial charge is 0.295 e. The van der Waals surface area contributed by atoms with E-state index in [4.69, 9.17) is 4.42 Å². The van der Waals surface area contributed by atoms with Gasteiger partial charge >= 0.3 is 0 Å². The maximum absolute atomic E-state index is 13.9. The molecule has 2 heterocycles. The summed E-state index contributed by atoms with van der Waals surface area (Å²) in [5.41, 5.74) is 1.23. The van der Waals surface area contributed by atoms with E-state index in [9.17, 15) is 18.4 Å². The van der Waals surface area contributed by atoms with Crippen LogP contribution >= 0.6 is 0 Å². The van der Waals surface area contributed by atoms with Crippen molar-refractivity contribution >= 4 is 11.6 Å². The molecule has 4 aromatic rings. The number of rotatable bonds is 6. The van der Waals surface area contributed by atoms with E-state index in [0.29, 0.717) is 11.4 Å². The summed E-state index contributed by atoms with van der Waals surface area (Å²) in [6.45, 7) is 1.74. The molecule has 2 aromatic carbocycles. The van der Waals surface area contributed by atoms with Gasteiger partial charge in [-0.15, -0.1) is 0 Å². The number of carbonyl (C=O) groups is 1. The van der Waals surface area contributed by atoms with Gasteiger partial charge in [0.25, 0.3) is 5.56 Å². The maximum atomic E-state index is 13.9. The van der Waals surface area contributed by atoms with Crippen molar-refractivity contribution in [1.82, 2.24) is 14.3 Å². The third-order valence-electron chi connectivity index (χ3n) is 5.13. The highest BCUT2D eigenvalue weighted by atomic mass is 19.1. The summed E-state index contributed by atoms with van der Waals surface area (Å²) in [6.07, 6.45) is 1.47. The number of aromatic nitrogens is 3. The molecule has 0 unspecified atom stereocenters. The molecule has 0 aliphatic heterocycles. The number of para-hydroxylation sites is 1. The van der Waals surface area contributed by atoms with Gasteiger partial charge in [0.05, 0.1) is 23.1 Å². The number of amides is 1. The maximum Gasteiger partial charge on any atom is 0.295 e. The van der Waals surface area contributed by atoms with Crippen LogP contribution in [-0.4, -0.2) is 20.3 Å². The van der Waals surface area contributed by atoms with E-state index >= 15 is 0 Å². The lowest BCUT2D eigenvalue weighted by Crippen LogP contribution is -2.23. The van der Waals surface area contributed by atoms with Crippen molar-refractivity contribution in [3.8, 4) is 17.0 Å². The van der Waals surface area contributed by atoms with Crippen LogP contribution in [0, 0.1) is 18.6 Å². The lowest BCUT2D eigenvalue weighted by atomic mass is 10.2. The standard InChI is InChI=1S/C23H20F2N4O3/c1-14-22(23(31)29(28(14)2)16-6-4-3-5-7-16)27-20(30)10-11-21-26-13-19(32-21)17-9-8-15(24)12-18(17)25/h3-9,12-13H,10-11H2,1-2H3,(H,27,30). The van der Waals surface area contributed by atoms with E-state index in [1.807, 2.05) is 18.2 Å². The fourth-order valence-corrected chi connectivity index (χ4v) is 3.37. The van der Waals surface area contributed by atoms with Gasteiger partial charge in [-0.25, -0.2) is 18.4 Å². The number of hydrogen-bond donors (Lipinski definition) is 1. The molecular weight excluding hydrogens is 418 g/mol. The van der Waals surface area contributed by atoms with E-state index in [-0.39, 0.29) is 47.2 Å². The molecule has 0 atom stereocenters. The van der Waals surface area contributed by atoms with E-state index in [0.717, 1.165) is 12.1 Å². The van der Waals surface area contributed by atoms with Crippen LogP contribution in [0.4, 0.5) is 14.5 Å². The predicted octanol–water partition coefficient (Wildman–Crippen LogP) is 3.99. The highest BCUT2D eigenvalue weighted by Crippen LogP contribution is 2.24. The van der Waals surface area contributed by atoms with Gasteiger partial charge in [0, 0.05) is 26.0 Å². The Morgan fingerprint density at radius 1 is 1.16 bits per heavy atom. The number of oxazole rings is 1. The molecule has 0 aliphatic carbocycles. The summed E-state index contributed by atoms with van der Waals surface area (Å²) in [7, 11) is 1.74. The molecular formula is C23H20F2N4O3. The fraction of sp³-hybridized carbons (Fsp3) is 0.174. The molecule has 0 radical (unpaired) electrons. The molecule has 7 nitrogen and oxygen atoms in total. The van der Waals surface area contributed by atoms with Crippen LogP contribution in [0.1, 0.15) is 18.0 Å². The lowest BCUT2D eigenvalue weighted by Gasteiger charge is -2.07. The molecule has 1 amide bonds. The minimum absolute atomic E-state index is 0.00493. The molecule has 2 aromatic heterocycles. The third kappa shape index (κ3) is 4.09. The largest absolute Gasteiger partial charge is 0.441 e. The number of carbonyl (C=O) groups excluding carboxylic acids is 1.